The lowest BCUT2D eigenvalue weighted by Crippen LogP contribution is -2.14. The van der Waals surface area contributed by atoms with Gasteiger partial charge in [-0.2, -0.15) is 0 Å². The normalized spacial score (nSPS) is 10.1. The van der Waals surface area contributed by atoms with E-state index in [0.717, 1.165) is 6.20 Å². The average Bonchev–Trinajstić information content (AvgIpc) is 2.41. The highest BCUT2D eigenvalue weighted by atomic mass is 35.5. The predicted molar refractivity (Wildman–Crippen MR) is 70.1 cm³/mol. The van der Waals surface area contributed by atoms with Crippen LogP contribution in [0, 0.1) is 0 Å². The largest absolute Gasteiger partial charge is 0.505 e. The Morgan fingerprint density at radius 3 is 2.55 bits per heavy atom. The minimum Gasteiger partial charge on any atom is -0.505 e. The molecule has 0 fully saturated rings. The summed E-state index contributed by atoms with van der Waals surface area (Å²) in [5.41, 5.74) is -0.369. The van der Waals surface area contributed by atoms with Gasteiger partial charge in [-0.3, -0.25) is 4.79 Å². The summed E-state index contributed by atoms with van der Waals surface area (Å²) in [6.07, 6.45) is 2.36. The van der Waals surface area contributed by atoms with Crippen LogP contribution < -0.4 is 5.32 Å². The molecule has 0 atom stereocenters. The summed E-state index contributed by atoms with van der Waals surface area (Å²) < 4.78 is 0. The van der Waals surface area contributed by atoms with Gasteiger partial charge in [0.15, 0.2) is 5.75 Å². The van der Waals surface area contributed by atoms with Crippen molar-refractivity contribution in [2.75, 3.05) is 5.32 Å². The number of aromatic nitrogens is 2. The van der Waals surface area contributed by atoms with Crippen molar-refractivity contribution in [2.45, 2.75) is 0 Å². The number of halogens is 1. The molecule has 1 aromatic heterocycles. The lowest BCUT2D eigenvalue weighted by atomic mass is 10.1. The number of aromatic carboxylic acids is 1. The fourth-order valence-corrected chi connectivity index (χ4v) is 1.53. The van der Waals surface area contributed by atoms with Crippen molar-refractivity contribution in [3.05, 3.63) is 47.0 Å². The molecule has 2 aromatic rings. The fraction of sp³-hybridized carbons (Fsp3) is 0. The smallest absolute Gasteiger partial charge is 0.339 e. The zero-order chi connectivity index (χ0) is 14.7. The van der Waals surface area contributed by atoms with Gasteiger partial charge >= 0.3 is 5.97 Å². The summed E-state index contributed by atoms with van der Waals surface area (Å²) in [7, 11) is 0. The first-order chi connectivity index (χ1) is 9.49. The molecule has 0 aliphatic carbocycles. The molecule has 0 bridgehead atoms. The molecule has 0 aliphatic heterocycles. The van der Waals surface area contributed by atoms with Crippen molar-refractivity contribution in [3.63, 3.8) is 0 Å². The second-order valence-electron chi connectivity index (χ2n) is 3.69. The fourth-order valence-electron chi connectivity index (χ4n) is 1.43. The van der Waals surface area contributed by atoms with Crippen LogP contribution in [-0.4, -0.2) is 32.1 Å². The predicted octanol–water partition coefficient (Wildman–Crippen LogP) is 1.79. The Bertz CT molecular complexity index is 673. The maximum atomic E-state index is 11.8. The van der Waals surface area contributed by atoms with Crippen molar-refractivity contribution < 1.29 is 19.8 Å². The van der Waals surface area contributed by atoms with Crippen LogP contribution in [0.1, 0.15) is 20.8 Å². The number of amides is 1. The molecule has 7 nitrogen and oxygen atoms in total. The summed E-state index contributed by atoms with van der Waals surface area (Å²) in [6, 6.07) is 3.98. The van der Waals surface area contributed by atoms with Crippen LogP contribution in [0.2, 0.25) is 5.15 Å². The molecule has 102 valence electrons. The molecule has 20 heavy (non-hydrogen) atoms. The molecular formula is C12H8ClN3O4. The molecule has 1 aromatic carbocycles. The van der Waals surface area contributed by atoms with Crippen LogP contribution in [0.25, 0.3) is 0 Å². The zero-order valence-corrected chi connectivity index (χ0v) is 10.6. The van der Waals surface area contributed by atoms with E-state index in [1.165, 1.54) is 24.4 Å². The number of rotatable bonds is 3. The molecule has 1 heterocycles. The summed E-state index contributed by atoms with van der Waals surface area (Å²) >= 11 is 5.55. The summed E-state index contributed by atoms with van der Waals surface area (Å²) in [5, 5.41) is 21.1. The van der Waals surface area contributed by atoms with Crippen LogP contribution >= 0.6 is 11.6 Å². The van der Waals surface area contributed by atoms with Crippen LogP contribution in [0.5, 0.6) is 5.75 Å². The lowest BCUT2D eigenvalue weighted by Gasteiger charge is -2.08. The minimum atomic E-state index is -1.30. The SMILES string of the molecule is O=C(Nc1cccc(C(=O)O)c1O)c1cnc(Cl)cn1. The Kier molecular flexibility index (Phi) is 3.81. The van der Waals surface area contributed by atoms with Gasteiger partial charge in [-0.25, -0.2) is 14.8 Å². The monoisotopic (exact) mass is 293 g/mol. The number of carbonyl (C=O) groups is 2. The van der Waals surface area contributed by atoms with Gasteiger partial charge in [0.25, 0.3) is 5.91 Å². The van der Waals surface area contributed by atoms with E-state index < -0.39 is 17.6 Å². The van der Waals surface area contributed by atoms with Crippen LogP contribution in [-0.2, 0) is 0 Å². The molecule has 2 rings (SSSR count). The second-order valence-corrected chi connectivity index (χ2v) is 4.07. The van der Waals surface area contributed by atoms with Crippen LogP contribution in [0.4, 0.5) is 5.69 Å². The Morgan fingerprint density at radius 2 is 1.95 bits per heavy atom. The van der Waals surface area contributed by atoms with Crippen molar-refractivity contribution in [3.8, 4) is 5.75 Å². The number of nitrogens with zero attached hydrogens (tertiary/aromatic N) is 2. The number of aromatic hydroxyl groups is 1. The second kappa shape index (κ2) is 5.54. The van der Waals surface area contributed by atoms with Gasteiger partial charge in [0.05, 0.1) is 18.1 Å². The quantitative estimate of drug-likeness (QED) is 0.744. The number of carboxylic acids is 1. The number of hydrogen-bond donors (Lipinski definition) is 3. The number of carbonyl (C=O) groups excluding carboxylic acids is 1. The van der Waals surface area contributed by atoms with E-state index in [9.17, 15) is 14.7 Å². The topological polar surface area (TPSA) is 112 Å². The first-order valence-electron chi connectivity index (χ1n) is 5.33. The third-order valence-electron chi connectivity index (χ3n) is 2.37. The molecule has 0 saturated carbocycles. The van der Waals surface area contributed by atoms with Gasteiger partial charge in [-0.1, -0.05) is 17.7 Å². The maximum Gasteiger partial charge on any atom is 0.339 e. The average molecular weight is 294 g/mol. The summed E-state index contributed by atoms with van der Waals surface area (Å²) in [4.78, 5) is 30.2. The highest BCUT2D eigenvalue weighted by Crippen LogP contribution is 2.27. The van der Waals surface area contributed by atoms with E-state index in [0.29, 0.717) is 0 Å². The molecular weight excluding hydrogens is 286 g/mol. The third-order valence-corrected chi connectivity index (χ3v) is 2.56. The lowest BCUT2D eigenvalue weighted by molar-refractivity contribution is 0.0693. The van der Waals surface area contributed by atoms with E-state index in [-0.39, 0.29) is 22.1 Å². The van der Waals surface area contributed by atoms with Gasteiger partial charge in [0.1, 0.15) is 16.4 Å². The van der Waals surface area contributed by atoms with E-state index >= 15 is 0 Å². The highest BCUT2D eigenvalue weighted by Gasteiger charge is 2.16. The number of para-hydroxylation sites is 1. The van der Waals surface area contributed by atoms with E-state index in [4.69, 9.17) is 16.7 Å². The number of carboxylic acid groups (broad SMARTS) is 1. The zero-order valence-electron chi connectivity index (χ0n) is 9.87. The van der Waals surface area contributed by atoms with E-state index in [1.54, 1.807) is 0 Å². The van der Waals surface area contributed by atoms with Crippen molar-refractivity contribution >= 4 is 29.2 Å². The number of benzene rings is 1. The van der Waals surface area contributed by atoms with Crippen LogP contribution in [0.3, 0.4) is 0 Å². The number of hydrogen-bond acceptors (Lipinski definition) is 5. The number of nitrogens with one attached hydrogen (secondary N) is 1. The molecule has 1 amide bonds. The number of anilines is 1. The van der Waals surface area contributed by atoms with Gasteiger partial charge in [-0.15, -0.1) is 0 Å². The van der Waals surface area contributed by atoms with E-state index in [2.05, 4.69) is 15.3 Å². The molecule has 3 N–H and O–H groups in total. The van der Waals surface area contributed by atoms with Crippen molar-refractivity contribution in [1.82, 2.24) is 9.97 Å². The highest BCUT2D eigenvalue weighted by molar-refractivity contribution is 6.29. The maximum absolute atomic E-state index is 11.8. The first-order valence-corrected chi connectivity index (χ1v) is 5.71. The molecule has 0 unspecified atom stereocenters. The Morgan fingerprint density at radius 1 is 1.20 bits per heavy atom. The van der Waals surface area contributed by atoms with Gasteiger partial charge < -0.3 is 15.5 Å². The van der Waals surface area contributed by atoms with Gasteiger partial charge in [-0.05, 0) is 12.1 Å². The summed E-state index contributed by atoms with van der Waals surface area (Å²) in [5.74, 6) is -2.48. The van der Waals surface area contributed by atoms with Gasteiger partial charge in [0.2, 0.25) is 0 Å². The molecule has 0 spiro atoms. The molecule has 0 radical (unpaired) electrons. The molecule has 8 heteroatoms. The molecule has 0 saturated heterocycles. The molecule has 0 aliphatic rings. The Labute approximate surface area is 117 Å². The Balaban J connectivity index is 2.26. The minimum absolute atomic E-state index is 0.0190. The van der Waals surface area contributed by atoms with Gasteiger partial charge in [0, 0.05) is 0 Å². The van der Waals surface area contributed by atoms with Crippen LogP contribution in [0.15, 0.2) is 30.6 Å². The third kappa shape index (κ3) is 2.83. The first kappa shape index (κ1) is 13.8. The standard InChI is InChI=1S/C12H8ClN3O4/c13-9-5-14-8(4-15-9)11(18)16-7-3-1-2-6(10(7)17)12(19)20/h1-5,17H,(H,16,18)(H,19,20). The number of phenols is 1. The Hall–Kier alpha value is -2.67. The van der Waals surface area contributed by atoms with E-state index in [1.807, 2.05) is 0 Å². The van der Waals surface area contributed by atoms with Crippen molar-refractivity contribution in [1.29, 1.82) is 0 Å². The van der Waals surface area contributed by atoms with Crippen molar-refractivity contribution in [2.24, 2.45) is 0 Å². The summed E-state index contributed by atoms with van der Waals surface area (Å²) in [6.45, 7) is 0.